The van der Waals surface area contributed by atoms with Gasteiger partial charge in [0.25, 0.3) is 0 Å². The topological polar surface area (TPSA) is 32.5 Å². The van der Waals surface area contributed by atoms with E-state index in [1.807, 2.05) is 11.3 Å². The fourth-order valence-corrected chi connectivity index (χ4v) is 4.19. The van der Waals surface area contributed by atoms with Gasteiger partial charge in [-0.2, -0.15) is 0 Å². The molecule has 1 aromatic rings. The predicted molar refractivity (Wildman–Crippen MR) is 86.0 cm³/mol. The highest BCUT2D eigenvalue weighted by atomic mass is 32.1. The summed E-state index contributed by atoms with van der Waals surface area (Å²) in [4.78, 5) is 6.81. The molecule has 112 valence electrons. The largest absolute Gasteiger partial charge is 0.329 e. The lowest BCUT2D eigenvalue weighted by atomic mass is 9.95. The molecule has 3 rings (SSSR count). The first-order valence-corrected chi connectivity index (χ1v) is 8.76. The van der Waals surface area contributed by atoms with Crippen molar-refractivity contribution in [3.05, 3.63) is 22.4 Å². The van der Waals surface area contributed by atoms with Gasteiger partial charge < -0.3 is 5.73 Å². The molecule has 4 heteroatoms. The lowest BCUT2D eigenvalue weighted by molar-refractivity contribution is 0.0786. The van der Waals surface area contributed by atoms with Crippen molar-refractivity contribution in [2.45, 2.75) is 57.3 Å². The molecule has 1 saturated heterocycles. The van der Waals surface area contributed by atoms with E-state index in [2.05, 4.69) is 41.2 Å². The van der Waals surface area contributed by atoms with E-state index < -0.39 is 0 Å². The molecule has 2 heterocycles. The number of nitrogens with zero attached hydrogens (tertiary/aromatic N) is 2. The van der Waals surface area contributed by atoms with Crippen molar-refractivity contribution in [2.75, 3.05) is 19.6 Å². The van der Waals surface area contributed by atoms with E-state index in [9.17, 15) is 0 Å². The van der Waals surface area contributed by atoms with Crippen LogP contribution in [-0.4, -0.2) is 47.1 Å². The first-order valence-electron chi connectivity index (χ1n) is 7.88. The van der Waals surface area contributed by atoms with Crippen LogP contribution in [0.15, 0.2) is 17.5 Å². The van der Waals surface area contributed by atoms with Gasteiger partial charge in [0, 0.05) is 48.7 Å². The van der Waals surface area contributed by atoms with E-state index in [0.29, 0.717) is 6.04 Å². The van der Waals surface area contributed by atoms with Crippen LogP contribution in [0.3, 0.4) is 0 Å². The summed E-state index contributed by atoms with van der Waals surface area (Å²) in [6.45, 7) is 8.82. The minimum atomic E-state index is 0.204. The average molecular weight is 293 g/mol. The third-order valence-electron chi connectivity index (χ3n) is 4.98. The van der Waals surface area contributed by atoms with Crippen molar-refractivity contribution < 1.29 is 0 Å². The van der Waals surface area contributed by atoms with E-state index in [4.69, 9.17) is 5.73 Å². The van der Waals surface area contributed by atoms with Gasteiger partial charge in [0.1, 0.15) is 0 Å². The van der Waals surface area contributed by atoms with Gasteiger partial charge in [0.05, 0.1) is 0 Å². The Labute approximate surface area is 126 Å². The second kappa shape index (κ2) is 5.76. The first-order chi connectivity index (χ1) is 9.64. The second-order valence-corrected chi connectivity index (χ2v) is 7.71. The molecule has 2 aliphatic rings. The number of likely N-dealkylation sites (tertiary alicyclic amines) is 1. The summed E-state index contributed by atoms with van der Waals surface area (Å²) in [6, 6.07) is 5.83. The van der Waals surface area contributed by atoms with Crippen molar-refractivity contribution in [2.24, 2.45) is 5.73 Å². The van der Waals surface area contributed by atoms with E-state index in [1.165, 1.54) is 30.7 Å². The molecule has 1 saturated carbocycles. The molecule has 1 atom stereocenters. The highest BCUT2D eigenvalue weighted by Gasteiger charge is 2.47. The zero-order valence-electron chi connectivity index (χ0n) is 12.7. The second-order valence-electron chi connectivity index (χ2n) is 6.68. The maximum absolute atomic E-state index is 6.26. The van der Waals surface area contributed by atoms with Crippen molar-refractivity contribution in [3.8, 4) is 0 Å². The molecule has 0 aromatic carbocycles. The molecule has 20 heavy (non-hydrogen) atoms. The fourth-order valence-electron chi connectivity index (χ4n) is 3.49. The lowest BCUT2D eigenvalue weighted by Crippen LogP contribution is -2.56. The monoisotopic (exact) mass is 293 g/mol. The first kappa shape index (κ1) is 14.5. The zero-order chi connectivity index (χ0) is 14.2. The molecule has 1 aromatic heterocycles. The van der Waals surface area contributed by atoms with Gasteiger partial charge in [0.15, 0.2) is 0 Å². The van der Waals surface area contributed by atoms with Gasteiger partial charge in [-0.25, -0.2) is 0 Å². The summed E-state index contributed by atoms with van der Waals surface area (Å²) in [5.41, 5.74) is 6.47. The Balaban J connectivity index is 1.78. The van der Waals surface area contributed by atoms with E-state index in [1.54, 1.807) is 0 Å². The maximum Gasteiger partial charge on any atom is 0.0477 e. The maximum atomic E-state index is 6.26. The van der Waals surface area contributed by atoms with Crippen molar-refractivity contribution in [1.82, 2.24) is 9.80 Å². The van der Waals surface area contributed by atoms with E-state index in [-0.39, 0.29) is 5.54 Å². The van der Waals surface area contributed by atoms with Gasteiger partial charge in [-0.05, 0) is 44.6 Å². The molecule has 0 bridgehead atoms. The standard InChI is InChI=1S/C16H27N3S/c1-13(2)18-8-7-16(11-17,12-18)19(14-5-6-14)10-15-4-3-9-20-15/h3-4,9,13-14H,5-8,10-12,17H2,1-2H3. The molecule has 1 aliphatic heterocycles. The van der Waals surface area contributed by atoms with E-state index in [0.717, 1.165) is 25.7 Å². The molecule has 0 amide bonds. The summed E-state index contributed by atoms with van der Waals surface area (Å²) in [6.07, 6.45) is 3.94. The lowest BCUT2D eigenvalue weighted by Gasteiger charge is -2.41. The normalized spacial score (nSPS) is 27.9. The number of rotatable bonds is 6. The molecule has 2 fully saturated rings. The van der Waals surface area contributed by atoms with Crippen LogP contribution in [0.5, 0.6) is 0 Å². The third kappa shape index (κ3) is 2.80. The molecule has 3 nitrogen and oxygen atoms in total. The summed E-state index contributed by atoms with van der Waals surface area (Å²) < 4.78 is 0. The zero-order valence-corrected chi connectivity index (χ0v) is 13.5. The van der Waals surface area contributed by atoms with Crippen molar-refractivity contribution >= 4 is 11.3 Å². The Morgan fingerprint density at radius 3 is 2.80 bits per heavy atom. The SMILES string of the molecule is CC(C)N1CCC(CN)(N(Cc2cccs2)C2CC2)C1. The minimum absolute atomic E-state index is 0.204. The molecular weight excluding hydrogens is 266 g/mol. The summed E-state index contributed by atoms with van der Waals surface area (Å²) in [7, 11) is 0. The van der Waals surface area contributed by atoms with Crippen LogP contribution in [0.1, 0.15) is 38.0 Å². The molecule has 1 unspecified atom stereocenters. The number of thiophene rings is 1. The summed E-state index contributed by atoms with van der Waals surface area (Å²) in [5, 5.41) is 2.19. The molecular formula is C16H27N3S. The van der Waals surface area contributed by atoms with Gasteiger partial charge in [-0.1, -0.05) is 6.07 Å². The number of nitrogens with two attached hydrogens (primary N) is 1. The smallest absolute Gasteiger partial charge is 0.0477 e. The van der Waals surface area contributed by atoms with Gasteiger partial charge in [-0.3, -0.25) is 9.80 Å². The Kier molecular flexibility index (Phi) is 4.18. The average Bonchev–Trinajstić information content (AvgIpc) is 2.98. The molecule has 0 radical (unpaired) electrons. The Bertz CT molecular complexity index is 427. The molecule has 0 spiro atoms. The Morgan fingerprint density at radius 2 is 2.30 bits per heavy atom. The summed E-state index contributed by atoms with van der Waals surface area (Å²) in [5.74, 6) is 0. The fraction of sp³-hybridized carbons (Fsp3) is 0.750. The molecule has 1 aliphatic carbocycles. The van der Waals surface area contributed by atoms with Crippen LogP contribution in [0.25, 0.3) is 0 Å². The van der Waals surface area contributed by atoms with Gasteiger partial charge in [0.2, 0.25) is 0 Å². The van der Waals surface area contributed by atoms with Crippen molar-refractivity contribution in [1.29, 1.82) is 0 Å². The van der Waals surface area contributed by atoms with Crippen LogP contribution in [0.2, 0.25) is 0 Å². The quantitative estimate of drug-likeness (QED) is 0.875. The van der Waals surface area contributed by atoms with Crippen LogP contribution in [0, 0.1) is 0 Å². The number of hydrogen-bond donors (Lipinski definition) is 1. The highest BCUT2D eigenvalue weighted by molar-refractivity contribution is 7.09. The van der Waals surface area contributed by atoms with Crippen LogP contribution >= 0.6 is 11.3 Å². The van der Waals surface area contributed by atoms with Crippen molar-refractivity contribution in [3.63, 3.8) is 0 Å². The third-order valence-corrected chi connectivity index (χ3v) is 5.84. The van der Waals surface area contributed by atoms with Crippen LogP contribution in [0.4, 0.5) is 0 Å². The Morgan fingerprint density at radius 1 is 1.50 bits per heavy atom. The predicted octanol–water partition coefficient (Wildman–Crippen LogP) is 2.52. The molecule has 2 N–H and O–H groups in total. The highest BCUT2D eigenvalue weighted by Crippen LogP contribution is 2.39. The summed E-state index contributed by atoms with van der Waals surface area (Å²) >= 11 is 1.88. The van der Waals surface area contributed by atoms with Gasteiger partial charge >= 0.3 is 0 Å². The van der Waals surface area contributed by atoms with Crippen LogP contribution < -0.4 is 5.73 Å². The number of hydrogen-bond acceptors (Lipinski definition) is 4. The van der Waals surface area contributed by atoms with Gasteiger partial charge in [-0.15, -0.1) is 11.3 Å². The van der Waals surface area contributed by atoms with E-state index >= 15 is 0 Å². The Hall–Kier alpha value is -0.420. The minimum Gasteiger partial charge on any atom is -0.329 e. The van der Waals surface area contributed by atoms with Crippen LogP contribution in [-0.2, 0) is 6.54 Å².